The van der Waals surface area contributed by atoms with Gasteiger partial charge in [-0.1, -0.05) is 36.4 Å². The molecule has 0 aliphatic carbocycles. The van der Waals surface area contributed by atoms with Gasteiger partial charge >= 0.3 is 6.03 Å². The maximum atomic E-state index is 12.2. The smallest absolute Gasteiger partial charge is 0.315 e. The van der Waals surface area contributed by atoms with Crippen LogP contribution >= 0.6 is 0 Å². The van der Waals surface area contributed by atoms with E-state index in [1.54, 1.807) is 0 Å². The fraction of sp³-hybridized carbons (Fsp3) is 0.316. The van der Waals surface area contributed by atoms with Crippen molar-refractivity contribution in [3.05, 3.63) is 59.7 Å². The summed E-state index contributed by atoms with van der Waals surface area (Å²) >= 11 is 0. The summed E-state index contributed by atoms with van der Waals surface area (Å²) in [4.78, 5) is 12.2. The van der Waals surface area contributed by atoms with Crippen molar-refractivity contribution in [2.45, 2.75) is 25.9 Å². The van der Waals surface area contributed by atoms with E-state index in [0.29, 0.717) is 19.8 Å². The van der Waals surface area contributed by atoms with Crippen molar-refractivity contribution in [1.82, 2.24) is 10.6 Å². The Hall–Kier alpha value is -2.69. The van der Waals surface area contributed by atoms with Crippen molar-refractivity contribution in [3.63, 3.8) is 0 Å². The predicted molar refractivity (Wildman–Crippen MR) is 92.3 cm³/mol. The third kappa shape index (κ3) is 3.79. The summed E-state index contributed by atoms with van der Waals surface area (Å²) in [6.45, 7) is 5.52. The number of fused-ring (bicyclic) bond motifs is 1. The first kappa shape index (κ1) is 16.2. The third-order valence-electron chi connectivity index (χ3n) is 3.99. The molecule has 24 heavy (non-hydrogen) atoms. The largest absolute Gasteiger partial charge is 0.486 e. The Morgan fingerprint density at radius 1 is 1.04 bits per heavy atom. The Balaban J connectivity index is 1.63. The number of carbonyl (C=O) groups is 1. The number of amides is 2. The second kappa shape index (κ2) is 6.83. The molecule has 0 fully saturated rings. The van der Waals surface area contributed by atoms with Gasteiger partial charge in [-0.05, 0) is 37.1 Å². The Labute approximate surface area is 142 Å². The number of benzene rings is 2. The molecule has 2 amide bonds. The normalized spacial score (nSPS) is 13.2. The molecule has 0 saturated carbocycles. The van der Waals surface area contributed by atoms with Gasteiger partial charge in [0, 0.05) is 6.54 Å². The zero-order chi connectivity index (χ0) is 17.0. The van der Waals surface area contributed by atoms with Crippen LogP contribution in [-0.2, 0) is 12.1 Å². The van der Waals surface area contributed by atoms with Crippen molar-refractivity contribution in [2.24, 2.45) is 0 Å². The summed E-state index contributed by atoms with van der Waals surface area (Å²) in [5.41, 5.74) is 1.49. The quantitative estimate of drug-likeness (QED) is 0.907. The first-order chi connectivity index (χ1) is 11.5. The van der Waals surface area contributed by atoms with Gasteiger partial charge in [0.25, 0.3) is 0 Å². The average Bonchev–Trinajstić information content (AvgIpc) is 2.60. The van der Waals surface area contributed by atoms with Gasteiger partial charge in [-0.25, -0.2) is 4.79 Å². The van der Waals surface area contributed by atoms with Crippen molar-refractivity contribution < 1.29 is 14.3 Å². The number of rotatable bonds is 4. The van der Waals surface area contributed by atoms with E-state index in [2.05, 4.69) is 10.6 Å². The summed E-state index contributed by atoms with van der Waals surface area (Å²) in [6, 6.07) is 15.4. The molecule has 3 rings (SSSR count). The van der Waals surface area contributed by atoms with Gasteiger partial charge in [-0.2, -0.15) is 0 Å². The lowest BCUT2D eigenvalue weighted by atomic mass is 9.94. The fourth-order valence-electron chi connectivity index (χ4n) is 2.61. The summed E-state index contributed by atoms with van der Waals surface area (Å²) in [7, 11) is 0. The molecular weight excluding hydrogens is 304 g/mol. The van der Waals surface area contributed by atoms with E-state index in [1.165, 1.54) is 0 Å². The van der Waals surface area contributed by atoms with Crippen LogP contribution in [0.2, 0.25) is 0 Å². The van der Waals surface area contributed by atoms with Crippen LogP contribution in [0.25, 0.3) is 0 Å². The number of urea groups is 1. The summed E-state index contributed by atoms with van der Waals surface area (Å²) in [6.07, 6.45) is 0. The fourth-order valence-corrected chi connectivity index (χ4v) is 2.61. The monoisotopic (exact) mass is 326 g/mol. The lowest BCUT2D eigenvalue weighted by Gasteiger charge is -2.28. The van der Waals surface area contributed by atoms with Crippen molar-refractivity contribution in [1.29, 1.82) is 0 Å². The summed E-state index contributed by atoms with van der Waals surface area (Å²) < 4.78 is 11.2. The van der Waals surface area contributed by atoms with Crippen molar-refractivity contribution in [2.75, 3.05) is 13.2 Å². The summed E-state index contributed by atoms with van der Waals surface area (Å²) in [5.74, 6) is 1.47. The van der Waals surface area contributed by atoms with Crippen LogP contribution in [-0.4, -0.2) is 19.2 Å². The highest BCUT2D eigenvalue weighted by Crippen LogP contribution is 2.34. The van der Waals surface area contributed by atoms with Gasteiger partial charge < -0.3 is 20.1 Å². The standard InChI is InChI=1S/C19H22N2O3/c1-19(2,15-8-9-16-17(12-15)24-11-10-23-16)21-18(22)20-13-14-6-4-3-5-7-14/h3-9,12H,10-11,13H2,1-2H3,(H2,20,21,22). The molecule has 0 atom stereocenters. The number of nitrogens with one attached hydrogen (secondary N) is 2. The molecule has 0 radical (unpaired) electrons. The Bertz CT molecular complexity index is 714. The zero-order valence-electron chi connectivity index (χ0n) is 14.0. The Morgan fingerprint density at radius 2 is 1.75 bits per heavy atom. The van der Waals surface area contributed by atoms with Crippen LogP contribution in [0.1, 0.15) is 25.0 Å². The average molecular weight is 326 g/mol. The molecule has 0 bridgehead atoms. The maximum Gasteiger partial charge on any atom is 0.315 e. The molecule has 0 aromatic heterocycles. The molecule has 0 unspecified atom stereocenters. The lowest BCUT2D eigenvalue weighted by molar-refractivity contribution is 0.171. The SMILES string of the molecule is CC(C)(NC(=O)NCc1ccccc1)c1ccc2c(c1)OCCO2. The second-order valence-corrected chi connectivity index (χ2v) is 6.28. The van der Waals surface area contributed by atoms with E-state index in [4.69, 9.17) is 9.47 Å². The van der Waals surface area contributed by atoms with E-state index in [1.807, 2.05) is 62.4 Å². The molecule has 0 spiro atoms. The molecule has 5 heteroatoms. The van der Waals surface area contributed by atoms with Crippen molar-refractivity contribution >= 4 is 6.03 Å². The van der Waals surface area contributed by atoms with Crippen LogP contribution in [0.5, 0.6) is 11.5 Å². The highest BCUT2D eigenvalue weighted by Gasteiger charge is 2.25. The second-order valence-electron chi connectivity index (χ2n) is 6.28. The first-order valence-electron chi connectivity index (χ1n) is 8.05. The van der Waals surface area contributed by atoms with Crippen LogP contribution in [0.4, 0.5) is 4.79 Å². The molecule has 1 aliphatic rings. The highest BCUT2D eigenvalue weighted by atomic mass is 16.6. The predicted octanol–water partition coefficient (Wildman–Crippen LogP) is 3.19. The minimum absolute atomic E-state index is 0.209. The highest BCUT2D eigenvalue weighted by molar-refractivity contribution is 5.75. The molecule has 5 nitrogen and oxygen atoms in total. The van der Waals surface area contributed by atoms with Gasteiger partial charge in [0.1, 0.15) is 13.2 Å². The van der Waals surface area contributed by atoms with Gasteiger partial charge in [0.15, 0.2) is 11.5 Å². The molecule has 0 saturated heterocycles. The number of hydrogen-bond acceptors (Lipinski definition) is 3. The number of ether oxygens (including phenoxy) is 2. The van der Waals surface area contributed by atoms with Crippen LogP contribution in [0.3, 0.4) is 0 Å². The van der Waals surface area contributed by atoms with Crippen LogP contribution in [0.15, 0.2) is 48.5 Å². The topological polar surface area (TPSA) is 59.6 Å². The minimum Gasteiger partial charge on any atom is -0.486 e. The van der Waals surface area contributed by atoms with E-state index in [9.17, 15) is 4.79 Å². The van der Waals surface area contributed by atoms with Gasteiger partial charge in [-0.3, -0.25) is 0 Å². The molecule has 1 heterocycles. The van der Waals surface area contributed by atoms with Crippen LogP contribution < -0.4 is 20.1 Å². The Morgan fingerprint density at radius 3 is 2.50 bits per heavy atom. The molecule has 126 valence electrons. The van der Waals surface area contributed by atoms with Gasteiger partial charge in [0.05, 0.1) is 5.54 Å². The molecular formula is C19H22N2O3. The zero-order valence-corrected chi connectivity index (χ0v) is 14.0. The van der Waals surface area contributed by atoms with E-state index in [-0.39, 0.29) is 6.03 Å². The van der Waals surface area contributed by atoms with Crippen LogP contribution in [0, 0.1) is 0 Å². The first-order valence-corrected chi connectivity index (χ1v) is 8.05. The minimum atomic E-state index is -0.531. The molecule has 2 N–H and O–H groups in total. The number of carbonyl (C=O) groups excluding carboxylic acids is 1. The Kier molecular flexibility index (Phi) is 4.60. The van der Waals surface area contributed by atoms with Gasteiger partial charge in [0.2, 0.25) is 0 Å². The maximum absolute atomic E-state index is 12.2. The lowest BCUT2D eigenvalue weighted by Crippen LogP contribution is -2.46. The van der Waals surface area contributed by atoms with E-state index >= 15 is 0 Å². The van der Waals surface area contributed by atoms with Crippen molar-refractivity contribution in [3.8, 4) is 11.5 Å². The third-order valence-corrected chi connectivity index (χ3v) is 3.99. The molecule has 2 aromatic carbocycles. The summed E-state index contributed by atoms with van der Waals surface area (Å²) in [5, 5.41) is 5.88. The van der Waals surface area contributed by atoms with E-state index < -0.39 is 5.54 Å². The molecule has 2 aromatic rings. The molecule has 1 aliphatic heterocycles. The van der Waals surface area contributed by atoms with Gasteiger partial charge in [-0.15, -0.1) is 0 Å². The number of hydrogen-bond donors (Lipinski definition) is 2. The van der Waals surface area contributed by atoms with E-state index in [0.717, 1.165) is 22.6 Å².